The van der Waals surface area contributed by atoms with E-state index in [0.29, 0.717) is 18.8 Å². The Morgan fingerprint density at radius 2 is 1.76 bits per heavy atom. The summed E-state index contributed by atoms with van der Waals surface area (Å²) in [6.45, 7) is 2.93. The number of carbonyl (C=O) groups excluding carboxylic acids is 2. The molecular weight excluding hydrogens is 448 g/mol. The first-order chi connectivity index (χ1) is 16.5. The molecule has 0 spiro atoms. The van der Waals surface area contributed by atoms with E-state index in [9.17, 15) is 9.59 Å². The Morgan fingerprint density at radius 1 is 1.00 bits per heavy atom. The van der Waals surface area contributed by atoms with E-state index in [0.717, 1.165) is 34.6 Å². The molecule has 0 unspecified atom stereocenters. The summed E-state index contributed by atoms with van der Waals surface area (Å²) in [5.74, 6) is 1.11. The maximum atomic E-state index is 13.6. The average Bonchev–Trinajstić information content (AvgIpc) is 3.38. The van der Waals surface area contributed by atoms with Gasteiger partial charge in [0.25, 0.3) is 0 Å². The number of nitrogens with zero attached hydrogens (tertiary/aromatic N) is 1. The summed E-state index contributed by atoms with van der Waals surface area (Å²) in [6.07, 6.45) is 2.00. The molecule has 1 N–H and O–H groups in total. The standard InChI is InChI=1S/C27H32N2O4S/c1-4-5-15-29(25(30)18-24-10-7-16-34-24)26(21-8-6-9-23(17-21)33-3)27(31)28-19-20-11-13-22(32-2)14-12-20/h6-14,16-17,26H,4-5,15,18-19H2,1-3H3,(H,28,31)/t26-/m1/s1. The van der Waals surface area contributed by atoms with Gasteiger partial charge in [0.2, 0.25) is 11.8 Å². The molecule has 0 fully saturated rings. The zero-order chi connectivity index (χ0) is 24.3. The van der Waals surface area contributed by atoms with Crippen LogP contribution in [0.5, 0.6) is 11.5 Å². The highest BCUT2D eigenvalue weighted by atomic mass is 32.1. The zero-order valence-electron chi connectivity index (χ0n) is 20.0. The Bertz CT molecular complexity index is 1050. The molecule has 180 valence electrons. The third kappa shape index (κ3) is 6.84. The van der Waals surface area contributed by atoms with Crippen LogP contribution in [0, 0.1) is 0 Å². The SMILES string of the molecule is CCCCN(C(=O)Cc1cccs1)[C@@H](C(=O)NCc1ccc(OC)cc1)c1cccc(OC)c1. The van der Waals surface area contributed by atoms with Crippen LogP contribution in [0.25, 0.3) is 0 Å². The van der Waals surface area contributed by atoms with Crippen LogP contribution in [0.15, 0.2) is 66.0 Å². The quantitative estimate of drug-likeness (QED) is 0.396. The van der Waals surface area contributed by atoms with Crippen LogP contribution in [0.2, 0.25) is 0 Å². The fourth-order valence-corrected chi connectivity index (χ4v) is 4.40. The normalized spacial score (nSPS) is 11.5. The highest BCUT2D eigenvalue weighted by Gasteiger charge is 2.31. The molecule has 34 heavy (non-hydrogen) atoms. The van der Waals surface area contributed by atoms with Gasteiger partial charge >= 0.3 is 0 Å². The number of thiophene rings is 1. The molecule has 1 aromatic heterocycles. The molecule has 0 aliphatic rings. The number of benzene rings is 2. The van der Waals surface area contributed by atoms with E-state index in [1.807, 2.05) is 66.0 Å². The van der Waals surface area contributed by atoms with Crippen molar-refractivity contribution in [2.24, 2.45) is 0 Å². The van der Waals surface area contributed by atoms with Crippen LogP contribution in [0.3, 0.4) is 0 Å². The van der Waals surface area contributed by atoms with E-state index in [1.165, 1.54) is 0 Å². The maximum Gasteiger partial charge on any atom is 0.247 e. The van der Waals surface area contributed by atoms with Crippen molar-refractivity contribution in [2.75, 3.05) is 20.8 Å². The Balaban J connectivity index is 1.88. The van der Waals surface area contributed by atoms with Gasteiger partial charge in [-0.2, -0.15) is 0 Å². The van der Waals surface area contributed by atoms with Crippen molar-refractivity contribution in [1.82, 2.24) is 10.2 Å². The van der Waals surface area contributed by atoms with Crippen molar-refractivity contribution in [3.63, 3.8) is 0 Å². The lowest BCUT2D eigenvalue weighted by Crippen LogP contribution is -2.44. The van der Waals surface area contributed by atoms with Crippen molar-refractivity contribution >= 4 is 23.2 Å². The van der Waals surface area contributed by atoms with Gasteiger partial charge in [0, 0.05) is 18.0 Å². The Labute approximate surface area is 205 Å². The number of hydrogen-bond acceptors (Lipinski definition) is 5. The third-order valence-corrected chi connectivity index (χ3v) is 6.45. The summed E-state index contributed by atoms with van der Waals surface area (Å²) in [7, 11) is 3.21. The third-order valence-electron chi connectivity index (χ3n) is 5.57. The average molecular weight is 481 g/mol. The van der Waals surface area contributed by atoms with Gasteiger partial charge in [-0.1, -0.05) is 43.7 Å². The van der Waals surface area contributed by atoms with Gasteiger partial charge in [0.15, 0.2) is 0 Å². The minimum Gasteiger partial charge on any atom is -0.497 e. The molecule has 0 aliphatic heterocycles. The molecule has 0 saturated heterocycles. The molecule has 2 aromatic carbocycles. The number of carbonyl (C=O) groups is 2. The van der Waals surface area contributed by atoms with E-state index < -0.39 is 6.04 Å². The second kappa shape index (κ2) is 12.8. The predicted octanol–water partition coefficient (Wildman–Crippen LogP) is 4.99. The molecule has 0 saturated carbocycles. The lowest BCUT2D eigenvalue weighted by atomic mass is 10.0. The minimum absolute atomic E-state index is 0.0664. The number of rotatable bonds is 12. The fraction of sp³-hybridized carbons (Fsp3) is 0.333. The molecule has 1 atom stereocenters. The summed E-state index contributed by atoms with van der Waals surface area (Å²) >= 11 is 1.55. The maximum absolute atomic E-state index is 13.6. The van der Waals surface area contributed by atoms with Crippen molar-refractivity contribution in [3.05, 3.63) is 82.0 Å². The smallest absolute Gasteiger partial charge is 0.247 e. The first-order valence-corrected chi connectivity index (χ1v) is 12.3. The monoisotopic (exact) mass is 480 g/mol. The van der Waals surface area contributed by atoms with Gasteiger partial charge in [-0.25, -0.2) is 0 Å². The van der Waals surface area contributed by atoms with E-state index in [2.05, 4.69) is 12.2 Å². The summed E-state index contributed by atoms with van der Waals surface area (Å²) in [5.41, 5.74) is 1.67. The number of amides is 2. The van der Waals surface area contributed by atoms with Crippen molar-refractivity contribution in [2.45, 2.75) is 38.8 Å². The molecule has 3 aromatic rings. The number of ether oxygens (including phenoxy) is 2. The van der Waals surface area contributed by atoms with Crippen molar-refractivity contribution < 1.29 is 19.1 Å². The summed E-state index contributed by atoms with van der Waals surface area (Å²) in [6, 6.07) is 18.1. The Kier molecular flexibility index (Phi) is 9.52. The Morgan fingerprint density at radius 3 is 2.41 bits per heavy atom. The molecule has 2 amide bonds. The van der Waals surface area contributed by atoms with Gasteiger partial charge in [0.1, 0.15) is 17.5 Å². The molecule has 1 heterocycles. The van der Waals surface area contributed by atoms with Gasteiger partial charge in [-0.3, -0.25) is 9.59 Å². The largest absolute Gasteiger partial charge is 0.497 e. The van der Waals surface area contributed by atoms with Crippen LogP contribution < -0.4 is 14.8 Å². The van der Waals surface area contributed by atoms with Gasteiger partial charge in [-0.05, 0) is 53.3 Å². The minimum atomic E-state index is -0.757. The first-order valence-electron chi connectivity index (χ1n) is 11.4. The summed E-state index contributed by atoms with van der Waals surface area (Å²) in [5, 5.41) is 4.99. The van der Waals surface area contributed by atoms with Crippen molar-refractivity contribution in [1.29, 1.82) is 0 Å². The van der Waals surface area contributed by atoms with Crippen LogP contribution >= 0.6 is 11.3 Å². The lowest BCUT2D eigenvalue weighted by Gasteiger charge is -2.31. The second-order valence-corrected chi connectivity index (χ2v) is 8.97. The highest BCUT2D eigenvalue weighted by Crippen LogP contribution is 2.27. The molecule has 6 nitrogen and oxygen atoms in total. The molecule has 0 aliphatic carbocycles. The lowest BCUT2D eigenvalue weighted by molar-refractivity contribution is -0.140. The molecular formula is C27H32N2O4S. The summed E-state index contributed by atoms with van der Waals surface area (Å²) in [4.78, 5) is 29.7. The van der Waals surface area contributed by atoms with Crippen LogP contribution in [0.4, 0.5) is 0 Å². The van der Waals surface area contributed by atoms with E-state index in [1.54, 1.807) is 30.5 Å². The van der Waals surface area contributed by atoms with Gasteiger partial charge < -0.3 is 19.7 Å². The van der Waals surface area contributed by atoms with E-state index in [-0.39, 0.29) is 18.2 Å². The molecule has 7 heteroatoms. The summed E-state index contributed by atoms with van der Waals surface area (Å²) < 4.78 is 10.6. The van der Waals surface area contributed by atoms with E-state index in [4.69, 9.17) is 9.47 Å². The number of nitrogens with one attached hydrogen (secondary N) is 1. The van der Waals surface area contributed by atoms with Crippen LogP contribution in [-0.2, 0) is 22.6 Å². The van der Waals surface area contributed by atoms with Crippen LogP contribution in [0.1, 0.15) is 41.8 Å². The number of hydrogen-bond donors (Lipinski definition) is 1. The molecule has 3 rings (SSSR count). The van der Waals surface area contributed by atoms with Crippen molar-refractivity contribution in [3.8, 4) is 11.5 Å². The first kappa shape index (κ1) is 25.3. The highest BCUT2D eigenvalue weighted by molar-refractivity contribution is 7.10. The number of methoxy groups -OCH3 is 2. The van der Waals surface area contributed by atoms with Gasteiger partial charge in [0.05, 0.1) is 20.6 Å². The topological polar surface area (TPSA) is 67.9 Å². The zero-order valence-corrected chi connectivity index (χ0v) is 20.8. The van der Waals surface area contributed by atoms with E-state index >= 15 is 0 Å². The number of unbranched alkanes of at least 4 members (excludes halogenated alkanes) is 1. The van der Waals surface area contributed by atoms with Gasteiger partial charge in [-0.15, -0.1) is 11.3 Å². The fourth-order valence-electron chi connectivity index (χ4n) is 3.70. The van der Waals surface area contributed by atoms with Crippen LogP contribution in [-0.4, -0.2) is 37.5 Å². The predicted molar refractivity (Wildman–Crippen MR) is 135 cm³/mol. The molecule has 0 radical (unpaired) electrons. The molecule has 0 bridgehead atoms. The second-order valence-electron chi connectivity index (χ2n) is 7.94. The Hall–Kier alpha value is -3.32.